The molecule has 0 aliphatic carbocycles. The number of nitrogens with one attached hydrogen (secondary N) is 1. The van der Waals surface area contributed by atoms with Gasteiger partial charge in [0.25, 0.3) is 5.56 Å². The van der Waals surface area contributed by atoms with E-state index in [1.54, 1.807) is 20.3 Å². The number of hydrogen-bond acceptors (Lipinski definition) is 3. The van der Waals surface area contributed by atoms with Crippen molar-refractivity contribution < 1.29 is 9.47 Å². The zero-order valence-corrected chi connectivity index (χ0v) is 11.8. The van der Waals surface area contributed by atoms with Crippen LogP contribution in [-0.4, -0.2) is 19.2 Å². The molecule has 0 aliphatic heterocycles. The van der Waals surface area contributed by atoms with E-state index in [9.17, 15) is 4.79 Å². The summed E-state index contributed by atoms with van der Waals surface area (Å²) in [6.45, 7) is 0. The highest BCUT2D eigenvalue weighted by molar-refractivity contribution is 5.86. The molecular formula is C17H15NO3. The molecule has 4 heteroatoms. The van der Waals surface area contributed by atoms with E-state index in [1.807, 2.05) is 42.5 Å². The molecule has 1 heterocycles. The second-order valence-corrected chi connectivity index (χ2v) is 4.67. The third kappa shape index (κ3) is 2.36. The molecule has 0 amide bonds. The first kappa shape index (κ1) is 13.2. The number of benzene rings is 2. The number of fused-ring (bicyclic) bond motifs is 1. The van der Waals surface area contributed by atoms with Crippen LogP contribution in [0, 0.1) is 0 Å². The van der Waals surface area contributed by atoms with Crippen LogP contribution in [-0.2, 0) is 0 Å². The van der Waals surface area contributed by atoms with Crippen molar-refractivity contribution in [1.82, 2.24) is 4.98 Å². The van der Waals surface area contributed by atoms with Crippen molar-refractivity contribution in [1.29, 1.82) is 0 Å². The summed E-state index contributed by atoms with van der Waals surface area (Å²) >= 11 is 0. The summed E-state index contributed by atoms with van der Waals surface area (Å²) in [6.07, 6.45) is 0. The molecule has 3 rings (SSSR count). The lowest BCUT2D eigenvalue weighted by Crippen LogP contribution is -2.07. The lowest BCUT2D eigenvalue weighted by Gasteiger charge is -2.11. The standard InChI is InChI=1S/C17H15NO3/c1-20-12-7-8-14(16(10-12)21-2)15-9-11-5-3-4-6-13(11)17(19)18-15/h3-10H,1-2H3,(H,18,19). The number of ether oxygens (including phenoxy) is 2. The van der Waals surface area contributed by atoms with E-state index in [0.717, 1.165) is 16.6 Å². The Labute approximate surface area is 122 Å². The van der Waals surface area contributed by atoms with Gasteiger partial charge in [0.05, 0.1) is 19.9 Å². The van der Waals surface area contributed by atoms with E-state index in [2.05, 4.69) is 4.98 Å². The second kappa shape index (κ2) is 5.32. The Morgan fingerprint density at radius 1 is 0.952 bits per heavy atom. The van der Waals surface area contributed by atoms with Crippen LogP contribution < -0.4 is 15.0 Å². The van der Waals surface area contributed by atoms with E-state index in [4.69, 9.17) is 9.47 Å². The van der Waals surface area contributed by atoms with Gasteiger partial charge in [0.2, 0.25) is 0 Å². The number of H-pyrrole nitrogens is 1. The number of aromatic nitrogens is 1. The molecule has 0 atom stereocenters. The summed E-state index contributed by atoms with van der Waals surface area (Å²) in [5, 5.41) is 1.57. The van der Waals surface area contributed by atoms with Gasteiger partial charge in [0.1, 0.15) is 11.5 Å². The van der Waals surface area contributed by atoms with Gasteiger partial charge in [-0.25, -0.2) is 0 Å². The average Bonchev–Trinajstić information content (AvgIpc) is 2.54. The topological polar surface area (TPSA) is 51.3 Å². The highest BCUT2D eigenvalue weighted by atomic mass is 16.5. The molecular weight excluding hydrogens is 266 g/mol. The molecule has 106 valence electrons. The van der Waals surface area contributed by atoms with Crippen molar-refractivity contribution in [2.45, 2.75) is 0 Å². The summed E-state index contributed by atoms with van der Waals surface area (Å²) in [5.74, 6) is 1.36. The molecule has 0 fully saturated rings. The van der Waals surface area contributed by atoms with E-state index < -0.39 is 0 Å². The van der Waals surface area contributed by atoms with E-state index in [0.29, 0.717) is 16.9 Å². The minimum absolute atomic E-state index is 0.110. The Bertz CT molecular complexity index is 852. The molecule has 21 heavy (non-hydrogen) atoms. The SMILES string of the molecule is COc1ccc(-c2cc3ccccc3c(=O)[nH]2)c(OC)c1. The summed E-state index contributed by atoms with van der Waals surface area (Å²) in [4.78, 5) is 15.1. The maximum Gasteiger partial charge on any atom is 0.256 e. The third-order valence-corrected chi connectivity index (χ3v) is 3.45. The monoisotopic (exact) mass is 281 g/mol. The molecule has 0 radical (unpaired) electrons. The summed E-state index contributed by atoms with van der Waals surface area (Å²) in [6, 6.07) is 14.9. The van der Waals surface area contributed by atoms with Crippen LogP contribution in [0.15, 0.2) is 53.3 Å². The highest BCUT2D eigenvalue weighted by Gasteiger charge is 2.10. The van der Waals surface area contributed by atoms with Gasteiger partial charge in [-0.3, -0.25) is 4.79 Å². The maximum absolute atomic E-state index is 12.2. The Hall–Kier alpha value is -2.75. The van der Waals surface area contributed by atoms with Crippen LogP contribution >= 0.6 is 0 Å². The van der Waals surface area contributed by atoms with Crippen molar-refractivity contribution in [3.8, 4) is 22.8 Å². The van der Waals surface area contributed by atoms with Crippen molar-refractivity contribution in [2.24, 2.45) is 0 Å². The quantitative estimate of drug-likeness (QED) is 0.802. The molecule has 0 saturated heterocycles. The molecule has 4 nitrogen and oxygen atoms in total. The number of methoxy groups -OCH3 is 2. The van der Waals surface area contributed by atoms with Gasteiger partial charge in [-0.15, -0.1) is 0 Å². The molecule has 0 saturated carbocycles. The average molecular weight is 281 g/mol. The zero-order chi connectivity index (χ0) is 14.8. The first-order valence-electron chi connectivity index (χ1n) is 6.57. The number of hydrogen-bond donors (Lipinski definition) is 1. The zero-order valence-electron chi connectivity index (χ0n) is 11.8. The Balaban J connectivity index is 2.23. The Morgan fingerprint density at radius 3 is 2.52 bits per heavy atom. The molecule has 0 aliphatic rings. The summed E-state index contributed by atoms with van der Waals surface area (Å²) < 4.78 is 10.6. The van der Waals surface area contributed by atoms with Crippen LogP contribution in [0.2, 0.25) is 0 Å². The van der Waals surface area contributed by atoms with Crippen molar-refractivity contribution in [3.05, 3.63) is 58.9 Å². The van der Waals surface area contributed by atoms with E-state index >= 15 is 0 Å². The molecule has 3 aromatic rings. The highest BCUT2D eigenvalue weighted by Crippen LogP contribution is 2.32. The molecule has 1 N–H and O–H groups in total. The van der Waals surface area contributed by atoms with E-state index in [-0.39, 0.29) is 5.56 Å². The van der Waals surface area contributed by atoms with E-state index in [1.165, 1.54) is 0 Å². The third-order valence-electron chi connectivity index (χ3n) is 3.45. The van der Waals surface area contributed by atoms with Gasteiger partial charge in [0.15, 0.2) is 0 Å². The fraction of sp³-hybridized carbons (Fsp3) is 0.118. The second-order valence-electron chi connectivity index (χ2n) is 4.67. The summed E-state index contributed by atoms with van der Waals surface area (Å²) in [7, 11) is 3.20. The minimum atomic E-state index is -0.110. The molecule has 1 aromatic heterocycles. The number of rotatable bonds is 3. The van der Waals surface area contributed by atoms with Crippen LogP contribution in [0.1, 0.15) is 0 Å². The van der Waals surface area contributed by atoms with Crippen LogP contribution in [0.4, 0.5) is 0 Å². The molecule has 2 aromatic carbocycles. The fourth-order valence-electron chi connectivity index (χ4n) is 2.38. The van der Waals surface area contributed by atoms with Crippen molar-refractivity contribution in [3.63, 3.8) is 0 Å². The number of pyridine rings is 1. The van der Waals surface area contributed by atoms with Gasteiger partial charge in [-0.2, -0.15) is 0 Å². The van der Waals surface area contributed by atoms with Crippen LogP contribution in [0.3, 0.4) is 0 Å². The molecule has 0 spiro atoms. The predicted octanol–water partition coefficient (Wildman–Crippen LogP) is 3.21. The maximum atomic E-state index is 12.2. The number of aromatic amines is 1. The first-order chi connectivity index (χ1) is 10.2. The van der Waals surface area contributed by atoms with Gasteiger partial charge in [0, 0.05) is 17.0 Å². The normalized spacial score (nSPS) is 10.6. The van der Waals surface area contributed by atoms with Crippen molar-refractivity contribution >= 4 is 10.8 Å². The van der Waals surface area contributed by atoms with Crippen LogP contribution in [0.25, 0.3) is 22.0 Å². The predicted molar refractivity (Wildman–Crippen MR) is 83.1 cm³/mol. The van der Waals surface area contributed by atoms with Gasteiger partial charge in [-0.05, 0) is 29.7 Å². The smallest absolute Gasteiger partial charge is 0.256 e. The van der Waals surface area contributed by atoms with Gasteiger partial charge >= 0.3 is 0 Å². The fourth-order valence-corrected chi connectivity index (χ4v) is 2.38. The molecule has 0 bridgehead atoms. The van der Waals surface area contributed by atoms with Gasteiger partial charge in [-0.1, -0.05) is 18.2 Å². The lowest BCUT2D eigenvalue weighted by atomic mass is 10.1. The Kier molecular flexibility index (Phi) is 3.36. The summed E-state index contributed by atoms with van der Waals surface area (Å²) in [5.41, 5.74) is 1.43. The lowest BCUT2D eigenvalue weighted by molar-refractivity contribution is 0.395. The minimum Gasteiger partial charge on any atom is -0.497 e. The Morgan fingerprint density at radius 2 is 1.76 bits per heavy atom. The first-order valence-corrected chi connectivity index (χ1v) is 6.57. The van der Waals surface area contributed by atoms with Gasteiger partial charge < -0.3 is 14.5 Å². The molecule has 0 unspecified atom stereocenters. The van der Waals surface area contributed by atoms with Crippen molar-refractivity contribution in [2.75, 3.05) is 14.2 Å². The van der Waals surface area contributed by atoms with Crippen LogP contribution in [0.5, 0.6) is 11.5 Å². The largest absolute Gasteiger partial charge is 0.497 e.